The number of carbonyl (C=O) groups excluding carboxylic acids is 2. The van der Waals surface area contributed by atoms with E-state index >= 15 is 0 Å². The lowest BCUT2D eigenvalue weighted by Crippen LogP contribution is -2.52. The maximum atomic E-state index is 13.2. The van der Waals surface area contributed by atoms with Gasteiger partial charge in [0, 0.05) is 33.2 Å². The summed E-state index contributed by atoms with van der Waals surface area (Å²) in [6.45, 7) is 0.656. The zero-order valence-electron chi connectivity index (χ0n) is 15.8. The third-order valence-electron chi connectivity index (χ3n) is 5.49. The lowest BCUT2D eigenvalue weighted by atomic mass is 9.80. The van der Waals surface area contributed by atoms with Crippen molar-refractivity contribution in [1.82, 2.24) is 4.90 Å². The summed E-state index contributed by atoms with van der Waals surface area (Å²) in [7, 11) is 3.16. The fourth-order valence-corrected chi connectivity index (χ4v) is 3.78. The number of para-hydroxylation sites is 1. The number of aliphatic carboxylic acids is 1. The number of amides is 2. The number of piperidine rings is 1. The molecule has 1 aromatic rings. The van der Waals surface area contributed by atoms with Crippen LogP contribution in [0.2, 0.25) is 0 Å². The largest absolute Gasteiger partial charge is 0.481 e. The maximum Gasteiger partial charge on any atom is 0.313 e. The Balaban J connectivity index is 1.85. The summed E-state index contributed by atoms with van der Waals surface area (Å²) < 4.78 is 5.13. The van der Waals surface area contributed by atoms with E-state index in [4.69, 9.17) is 4.74 Å². The van der Waals surface area contributed by atoms with E-state index < -0.39 is 11.4 Å². The highest BCUT2D eigenvalue weighted by Crippen LogP contribution is 2.35. The Labute approximate surface area is 158 Å². The quantitative estimate of drug-likeness (QED) is 0.823. The number of benzene rings is 1. The van der Waals surface area contributed by atoms with Gasteiger partial charge in [0.15, 0.2) is 0 Å². The molecule has 1 aliphatic heterocycles. The molecule has 7 heteroatoms. The fraction of sp³-hybridized carbons (Fsp3) is 0.550. The van der Waals surface area contributed by atoms with Gasteiger partial charge in [0.1, 0.15) is 5.41 Å². The Bertz CT molecular complexity index is 742. The molecule has 1 unspecified atom stereocenters. The molecular formula is C20H26N2O5. The Morgan fingerprint density at radius 2 is 2.00 bits per heavy atom. The van der Waals surface area contributed by atoms with Crippen LogP contribution >= 0.6 is 0 Å². The lowest BCUT2D eigenvalue weighted by Gasteiger charge is -2.39. The molecule has 1 aromatic carbocycles. The Kier molecular flexibility index (Phi) is 5.51. The van der Waals surface area contributed by atoms with Crippen LogP contribution in [0.3, 0.4) is 0 Å². The van der Waals surface area contributed by atoms with Crippen LogP contribution in [-0.4, -0.2) is 61.6 Å². The van der Waals surface area contributed by atoms with Crippen molar-refractivity contribution in [2.24, 2.45) is 11.3 Å². The van der Waals surface area contributed by atoms with Gasteiger partial charge in [0.25, 0.3) is 5.91 Å². The molecule has 1 saturated heterocycles. The summed E-state index contributed by atoms with van der Waals surface area (Å²) in [5, 5.41) is 9.70. The number of carboxylic acids is 1. The number of ether oxygens (including phenoxy) is 1. The fourth-order valence-electron chi connectivity index (χ4n) is 3.78. The van der Waals surface area contributed by atoms with E-state index in [1.165, 1.54) is 7.11 Å². The Morgan fingerprint density at radius 1 is 1.30 bits per heavy atom. The highest BCUT2D eigenvalue weighted by Gasteiger charge is 2.44. The molecule has 0 aromatic heterocycles. The second kappa shape index (κ2) is 7.68. The van der Waals surface area contributed by atoms with Crippen LogP contribution < -0.4 is 4.90 Å². The standard InChI is InChI=1S/C20H26N2O5/c1-21(17(23)14-8-9-14)16-7-4-3-6-15(16)18(24)22-11-5-10-20(12-22,13-27-2)19(25)26/h3-4,6-7,14H,5,8-13H2,1-2H3,(H,25,26). The molecule has 27 heavy (non-hydrogen) atoms. The third-order valence-corrected chi connectivity index (χ3v) is 5.49. The topological polar surface area (TPSA) is 87.2 Å². The van der Waals surface area contributed by atoms with Gasteiger partial charge in [-0.25, -0.2) is 0 Å². The van der Waals surface area contributed by atoms with Gasteiger partial charge in [0.05, 0.1) is 17.9 Å². The van der Waals surface area contributed by atoms with Gasteiger partial charge in [-0.05, 0) is 37.8 Å². The number of likely N-dealkylation sites (tertiary alicyclic amines) is 1. The average molecular weight is 374 g/mol. The maximum absolute atomic E-state index is 13.2. The first-order chi connectivity index (χ1) is 12.9. The van der Waals surface area contributed by atoms with Gasteiger partial charge in [0.2, 0.25) is 5.91 Å². The number of anilines is 1. The first-order valence-corrected chi connectivity index (χ1v) is 9.28. The van der Waals surface area contributed by atoms with Crippen LogP contribution in [0, 0.1) is 11.3 Å². The highest BCUT2D eigenvalue weighted by atomic mass is 16.5. The molecule has 3 rings (SSSR count). The molecule has 0 spiro atoms. The normalized spacial score (nSPS) is 22.4. The van der Waals surface area contributed by atoms with E-state index in [2.05, 4.69) is 0 Å². The van der Waals surface area contributed by atoms with Crippen LogP contribution in [0.15, 0.2) is 24.3 Å². The Morgan fingerprint density at radius 3 is 2.63 bits per heavy atom. The number of carboxylic acid groups (broad SMARTS) is 1. The van der Waals surface area contributed by atoms with E-state index in [0.717, 1.165) is 12.8 Å². The summed E-state index contributed by atoms with van der Waals surface area (Å²) in [6, 6.07) is 7.01. The van der Waals surface area contributed by atoms with Gasteiger partial charge in [-0.3, -0.25) is 14.4 Å². The van der Waals surface area contributed by atoms with Crippen molar-refractivity contribution in [3.05, 3.63) is 29.8 Å². The van der Waals surface area contributed by atoms with E-state index in [1.807, 2.05) is 0 Å². The third kappa shape index (κ3) is 3.83. The van der Waals surface area contributed by atoms with E-state index in [9.17, 15) is 19.5 Å². The summed E-state index contributed by atoms with van der Waals surface area (Å²) in [6.07, 6.45) is 2.86. The molecule has 7 nitrogen and oxygen atoms in total. The molecule has 1 N–H and O–H groups in total. The van der Waals surface area contributed by atoms with Crippen LogP contribution in [-0.2, 0) is 14.3 Å². The zero-order chi connectivity index (χ0) is 19.6. The van der Waals surface area contributed by atoms with Gasteiger partial charge >= 0.3 is 5.97 Å². The Hall–Kier alpha value is -2.41. The van der Waals surface area contributed by atoms with E-state index in [-0.39, 0.29) is 30.9 Å². The van der Waals surface area contributed by atoms with Crippen molar-refractivity contribution in [2.45, 2.75) is 25.7 Å². The molecular weight excluding hydrogens is 348 g/mol. The SMILES string of the molecule is COCC1(C(=O)O)CCCN(C(=O)c2ccccc2N(C)C(=O)C2CC2)C1. The van der Waals surface area contributed by atoms with Crippen molar-refractivity contribution in [3.63, 3.8) is 0 Å². The van der Waals surface area contributed by atoms with Gasteiger partial charge < -0.3 is 19.6 Å². The zero-order valence-corrected chi connectivity index (χ0v) is 15.8. The minimum atomic E-state index is -1.09. The first-order valence-electron chi connectivity index (χ1n) is 9.28. The highest BCUT2D eigenvalue weighted by molar-refractivity contribution is 6.05. The van der Waals surface area contributed by atoms with Crippen molar-refractivity contribution in [2.75, 3.05) is 38.8 Å². The summed E-state index contributed by atoms with van der Waals surface area (Å²) >= 11 is 0. The second-order valence-corrected chi connectivity index (χ2v) is 7.54. The predicted molar refractivity (Wildman–Crippen MR) is 99.7 cm³/mol. The monoisotopic (exact) mass is 374 g/mol. The minimum absolute atomic E-state index is 0.0214. The predicted octanol–water partition coefficient (Wildman–Crippen LogP) is 2.01. The summed E-state index contributed by atoms with van der Waals surface area (Å²) in [5.74, 6) is -1.12. The minimum Gasteiger partial charge on any atom is -0.481 e. The molecule has 146 valence electrons. The van der Waals surface area contributed by atoms with Crippen molar-refractivity contribution < 1.29 is 24.2 Å². The number of carbonyl (C=O) groups is 3. The number of hydrogen-bond acceptors (Lipinski definition) is 4. The molecule has 2 aliphatic rings. The molecule has 2 fully saturated rings. The number of rotatable bonds is 6. The lowest BCUT2D eigenvalue weighted by molar-refractivity contribution is -0.155. The van der Waals surface area contributed by atoms with Gasteiger partial charge in [-0.2, -0.15) is 0 Å². The van der Waals surface area contributed by atoms with Crippen LogP contribution in [0.25, 0.3) is 0 Å². The van der Waals surface area contributed by atoms with Gasteiger partial charge in [-0.1, -0.05) is 12.1 Å². The molecule has 2 amide bonds. The summed E-state index contributed by atoms with van der Waals surface area (Å²) in [4.78, 5) is 40.6. The van der Waals surface area contributed by atoms with Crippen LogP contribution in [0.5, 0.6) is 0 Å². The molecule has 0 radical (unpaired) electrons. The number of methoxy groups -OCH3 is 1. The van der Waals surface area contributed by atoms with E-state index in [0.29, 0.717) is 30.6 Å². The molecule has 0 bridgehead atoms. The van der Waals surface area contributed by atoms with Crippen LogP contribution in [0.4, 0.5) is 5.69 Å². The average Bonchev–Trinajstić information content (AvgIpc) is 3.52. The molecule has 1 aliphatic carbocycles. The first kappa shape index (κ1) is 19.4. The summed E-state index contributed by atoms with van der Waals surface area (Å²) in [5.41, 5.74) is -0.0990. The number of hydrogen-bond donors (Lipinski definition) is 1. The smallest absolute Gasteiger partial charge is 0.313 e. The van der Waals surface area contributed by atoms with E-state index in [1.54, 1.807) is 41.1 Å². The molecule has 1 saturated carbocycles. The molecule has 1 heterocycles. The van der Waals surface area contributed by atoms with Crippen molar-refractivity contribution in [3.8, 4) is 0 Å². The second-order valence-electron chi connectivity index (χ2n) is 7.54. The van der Waals surface area contributed by atoms with Crippen molar-refractivity contribution in [1.29, 1.82) is 0 Å². The number of nitrogens with zero attached hydrogens (tertiary/aromatic N) is 2. The molecule has 1 atom stereocenters. The van der Waals surface area contributed by atoms with Crippen molar-refractivity contribution >= 4 is 23.5 Å². The van der Waals surface area contributed by atoms with Crippen LogP contribution in [0.1, 0.15) is 36.0 Å². The van der Waals surface area contributed by atoms with Gasteiger partial charge in [-0.15, -0.1) is 0 Å².